The molecule has 0 unspecified atom stereocenters. The van der Waals surface area contributed by atoms with Gasteiger partial charge in [-0.15, -0.1) is 0 Å². The first-order chi connectivity index (χ1) is 10.1. The molecule has 0 saturated carbocycles. The van der Waals surface area contributed by atoms with E-state index in [1.165, 1.54) is 5.56 Å². The Bertz CT molecular complexity index is 563. The Labute approximate surface area is 126 Å². The minimum absolute atomic E-state index is 0.444. The van der Waals surface area contributed by atoms with Crippen LogP contribution in [0.1, 0.15) is 25.2 Å². The van der Waals surface area contributed by atoms with Crippen LogP contribution in [0, 0.1) is 0 Å². The van der Waals surface area contributed by atoms with Crippen molar-refractivity contribution in [3.8, 4) is 5.75 Å². The molecule has 0 saturated heterocycles. The fourth-order valence-corrected chi connectivity index (χ4v) is 2.15. The van der Waals surface area contributed by atoms with E-state index in [2.05, 4.69) is 37.2 Å². The van der Waals surface area contributed by atoms with Crippen molar-refractivity contribution >= 4 is 5.69 Å². The molecule has 1 aromatic carbocycles. The molecule has 1 aromatic heterocycles. The summed E-state index contributed by atoms with van der Waals surface area (Å²) in [4.78, 5) is 2.19. The largest absolute Gasteiger partial charge is 0.497 e. The molecule has 0 fully saturated rings. The Morgan fingerprint density at radius 1 is 1.29 bits per heavy atom. The number of methoxy groups -OCH3 is 1. The zero-order chi connectivity index (χ0) is 15.2. The highest BCUT2D eigenvalue weighted by molar-refractivity contribution is 5.50. The summed E-state index contributed by atoms with van der Waals surface area (Å²) in [6, 6.07) is 10.5. The van der Waals surface area contributed by atoms with E-state index in [0.29, 0.717) is 6.04 Å². The molecule has 0 aliphatic heterocycles. The van der Waals surface area contributed by atoms with Gasteiger partial charge in [-0.1, -0.05) is 19.9 Å². The van der Waals surface area contributed by atoms with E-state index in [1.807, 2.05) is 24.3 Å². The predicted molar refractivity (Wildman–Crippen MR) is 85.8 cm³/mol. The fraction of sp³-hybridized carbons (Fsp3) is 0.412. The minimum atomic E-state index is 0.444. The zero-order valence-electron chi connectivity index (χ0n) is 13.2. The maximum absolute atomic E-state index is 5.58. The van der Waals surface area contributed by atoms with Gasteiger partial charge < -0.3 is 19.4 Å². The number of anilines is 1. The second kappa shape index (κ2) is 7.18. The molecule has 114 valence electrons. The summed E-state index contributed by atoms with van der Waals surface area (Å²) in [6.07, 6.45) is 1.76. The number of nitrogens with zero attached hydrogens (tertiary/aromatic N) is 1. The van der Waals surface area contributed by atoms with Gasteiger partial charge in [-0.3, -0.25) is 0 Å². The van der Waals surface area contributed by atoms with Gasteiger partial charge in [-0.05, 0) is 18.2 Å². The van der Waals surface area contributed by atoms with Crippen molar-refractivity contribution in [1.82, 2.24) is 5.32 Å². The maximum atomic E-state index is 5.58. The third kappa shape index (κ3) is 4.26. The molecule has 0 aliphatic rings. The number of ether oxygens (including phenoxy) is 1. The summed E-state index contributed by atoms with van der Waals surface area (Å²) < 4.78 is 10.9. The molecule has 21 heavy (non-hydrogen) atoms. The van der Waals surface area contributed by atoms with Gasteiger partial charge in [0.05, 0.1) is 19.9 Å². The van der Waals surface area contributed by atoms with Crippen LogP contribution in [-0.2, 0) is 13.1 Å². The Kier molecular flexibility index (Phi) is 5.28. The van der Waals surface area contributed by atoms with E-state index in [1.54, 1.807) is 13.4 Å². The van der Waals surface area contributed by atoms with Crippen molar-refractivity contribution in [2.75, 3.05) is 19.1 Å². The van der Waals surface area contributed by atoms with Gasteiger partial charge in [0.1, 0.15) is 11.5 Å². The molecular weight excluding hydrogens is 264 g/mol. The van der Waals surface area contributed by atoms with E-state index in [4.69, 9.17) is 9.15 Å². The highest BCUT2D eigenvalue weighted by Crippen LogP contribution is 2.22. The van der Waals surface area contributed by atoms with Gasteiger partial charge in [-0.2, -0.15) is 0 Å². The van der Waals surface area contributed by atoms with Gasteiger partial charge in [0.15, 0.2) is 0 Å². The van der Waals surface area contributed by atoms with Crippen molar-refractivity contribution in [2.24, 2.45) is 0 Å². The van der Waals surface area contributed by atoms with E-state index in [9.17, 15) is 0 Å². The fourth-order valence-electron chi connectivity index (χ4n) is 2.15. The van der Waals surface area contributed by atoms with Crippen LogP contribution >= 0.6 is 0 Å². The molecule has 0 amide bonds. The molecule has 2 aromatic rings. The number of hydrogen-bond acceptors (Lipinski definition) is 4. The monoisotopic (exact) mass is 288 g/mol. The smallest absolute Gasteiger partial charge is 0.122 e. The second-order valence-corrected chi connectivity index (χ2v) is 5.46. The molecule has 1 N–H and O–H groups in total. The van der Waals surface area contributed by atoms with Crippen molar-refractivity contribution in [1.29, 1.82) is 0 Å². The molecular formula is C17H24N2O2. The highest BCUT2D eigenvalue weighted by atomic mass is 16.5. The van der Waals surface area contributed by atoms with Gasteiger partial charge in [0.2, 0.25) is 0 Å². The Balaban J connectivity index is 2.05. The van der Waals surface area contributed by atoms with Crippen LogP contribution < -0.4 is 15.0 Å². The van der Waals surface area contributed by atoms with Crippen molar-refractivity contribution in [3.63, 3.8) is 0 Å². The third-order valence-electron chi connectivity index (χ3n) is 3.41. The SMILES string of the molecule is COc1cccc(N(C)Cc2ccoc2CNC(C)C)c1. The lowest BCUT2D eigenvalue weighted by Gasteiger charge is -2.20. The van der Waals surface area contributed by atoms with Crippen molar-refractivity contribution < 1.29 is 9.15 Å². The normalized spacial score (nSPS) is 10.9. The summed E-state index contributed by atoms with van der Waals surface area (Å²) in [7, 11) is 3.76. The summed E-state index contributed by atoms with van der Waals surface area (Å²) in [5.41, 5.74) is 2.33. The summed E-state index contributed by atoms with van der Waals surface area (Å²) in [5, 5.41) is 3.39. The lowest BCUT2D eigenvalue weighted by atomic mass is 10.2. The van der Waals surface area contributed by atoms with E-state index >= 15 is 0 Å². The van der Waals surface area contributed by atoms with E-state index in [-0.39, 0.29) is 0 Å². The van der Waals surface area contributed by atoms with Crippen molar-refractivity contribution in [2.45, 2.75) is 33.0 Å². The molecule has 2 rings (SSSR count). The second-order valence-electron chi connectivity index (χ2n) is 5.46. The van der Waals surface area contributed by atoms with E-state index < -0.39 is 0 Å². The standard InChI is InChI=1S/C17H24N2O2/c1-13(2)18-11-17-14(8-9-21-17)12-19(3)15-6-5-7-16(10-15)20-4/h5-10,13,18H,11-12H2,1-4H3. The number of hydrogen-bond donors (Lipinski definition) is 1. The van der Waals surface area contributed by atoms with E-state index in [0.717, 1.165) is 30.3 Å². The van der Waals surface area contributed by atoms with Gasteiger partial charge in [0.25, 0.3) is 0 Å². The summed E-state index contributed by atoms with van der Waals surface area (Å²) in [5.74, 6) is 1.87. The highest BCUT2D eigenvalue weighted by Gasteiger charge is 2.10. The summed E-state index contributed by atoms with van der Waals surface area (Å²) in [6.45, 7) is 5.82. The van der Waals surface area contributed by atoms with Crippen molar-refractivity contribution in [3.05, 3.63) is 47.9 Å². The molecule has 4 heteroatoms. The number of nitrogens with one attached hydrogen (secondary N) is 1. The van der Waals surface area contributed by atoms with Gasteiger partial charge in [-0.25, -0.2) is 0 Å². The average Bonchev–Trinajstić information content (AvgIpc) is 2.92. The van der Waals surface area contributed by atoms with Crippen LogP contribution in [0.4, 0.5) is 5.69 Å². The van der Waals surface area contributed by atoms with Crippen LogP contribution in [0.15, 0.2) is 41.0 Å². The van der Waals surface area contributed by atoms with Gasteiger partial charge in [0, 0.05) is 37.0 Å². The molecule has 0 bridgehead atoms. The molecule has 0 spiro atoms. The average molecular weight is 288 g/mol. The van der Waals surface area contributed by atoms with Crippen LogP contribution in [-0.4, -0.2) is 20.2 Å². The number of furan rings is 1. The Morgan fingerprint density at radius 3 is 2.81 bits per heavy atom. The number of benzene rings is 1. The van der Waals surface area contributed by atoms with Crippen LogP contribution in [0.25, 0.3) is 0 Å². The zero-order valence-corrected chi connectivity index (χ0v) is 13.2. The first-order valence-corrected chi connectivity index (χ1v) is 7.24. The minimum Gasteiger partial charge on any atom is -0.497 e. The molecule has 0 aliphatic carbocycles. The first kappa shape index (κ1) is 15.4. The first-order valence-electron chi connectivity index (χ1n) is 7.24. The quantitative estimate of drug-likeness (QED) is 0.847. The lowest BCUT2D eigenvalue weighted by Crippen LogP contribution is -2.23. The predicted octanol–water partition coefficient (Wildman–Crippen LogP) is 3.42. The van der Waals surface area contributed by atoms with Crippen LogP contribution in [0.3, 0.4) is 0 Å². The molecule has 0 atom stereocenters. The van der Waals surface area contributed by atoms with Crippen LogP contribution in [0.5, 0.6) is 5.75 Å². The Hall–Kier alpha value is -1.94. The molecule has 1 heterocycles. The Morgan fingerprint density at radius 2 is 2.10 bits per heavy atom. The van der Waals surface area contributed by atoms with Crippen LogP contribution in [0.2, 0.25) is 0 Å². The topological polar surface area (TPSA) is 37.6 Å². The lowest BCUT2D eigenvalue weighted by molar-refractivity contribution is 0.415. The summed E-state index contributed by atoms with van der Waals surface area (Å²) >= 11 is 0. The molecule has 0 radical (unpaired) electrons. The maximum Gasteiger partial charge on any atom is 0.122 e. The van der Waals surface area contributed by atoms with Gasteiger partial charge >= 0.3 is 0 Å². The molecule has 4 nitrogen and oxygen atoms in total. The number of rotatable bonds is 7. The third-order valence-corrected chi connectivity index (χ3v) is 3.41.